The summed E-state index contributed by atoms with van der Waals surface area (Å²) < 4.78 is 5.41. The molecule has 2 heterocycles. The summed E-state index contributed by atoms with van der Waals surface area (Å²) in [5.41, 5.74) is 2.71. The van der Waals surface area contributed by atoms with E-state index in [-0.39, 0.29) is 17.9 Å². The van der Waals surface area contributed by atoms with E-state index in [0.717, 1.165) is 57.1 Å². The van der Waals surface area contributed by atoms with Crippen LogP contribution in [0.15, 0.2) is 54.6 Å². The molecule has 2 fully saturated rings. The van der Waals surface area contributed by atoms with Crippen LogP contribution in [0.5, 0.6) is 0 Å². The lowest BCUT2D eigenvalue weighted by Gasteiger charge is -2.39. The number of amides is 2. The molecule has 2 amide bonds. The molecule has 158 valence electrons. The number of hydrogen-bond donors (Lipinski definition) is 0. The van der Waals surface area contributed by atoms with Crippen molar-refractivity contribution in [1.82, 2.24) is 4.90 Å². The standard InChI is InChI=1S/C24H29N3O3/c1-19(28)27(22-6-3-2-4-7-22)23-8-5-13-26(18-23)24(29)20-9-11-21(12-10-20)25-14-16-30-17-15-25/h2-4,6-7,9-12,23H,5,8,13-18H2,1H3/t23-/m1/s1. The zero-order valence-corrected chi connectivity index (χ0v) is 17.5. The number of carbonyl (C=O) groups is 2. The van der Waals surface area contributed by atoms with Crippen LogP contribution in [0.1, 0.15) is 30.1 Å². The van der Waals surface area contributed by atoms with Crippen molar-refractivity contribution >= 4 is 23.2 Å². The molecule has 0 bridgehead atoms. The molecule has 0 aromatic heterocycles. The molecule has 0 unspecified atom stereocenters. The highest BCUT2D eigenvalue weighted by Gasteiger charge is 2.30. The summed E-state index contributed by atoms with van der Waals surface area (Å²) in [5.74, 6) is 0.0418. The molecule has 2 saturated heterocycles. The van der Waals surface area contributed by atoms with E-state index in [4.69, 9.17) is 4.74 Å². The van der Waals surface area contributed by atoms with Crippen LogP contribution in [0.4, 0.5) is 11.4 Å². The largest absolute Gasteiger partial charge is 0.378 e. The van der Waals surface area contributed by atoms with Gasteiger partial charge in [-0.1, -0.05) is 18.2 Å². The highest BCUT2D eigenvalue weighted by Crippen LogP contribution is 2.25. The number of morpholine rings is 1. The normalized spacial score (nSPS) is 19.4. The fourth-order valence-corrected chi connectivity index (χ4v) is 4.41. The minimum atomic E-state index is -0.00442. The predicted octanol–water partition coefficient (Wildman–Crippen LogP) is 3.18. The molecule has 4 rings (SSSR count). The van der Waals surface area contributed by atoms with E-state index in [2.05, 4.69) is 4.90 Å². The Bertz CT molecular complexity index is 863. The van der Waals surface area contributed by atoms with Gasteiger partial charge in [0.05, 0.1) is 19.3 Å². The van der Waals surface area contributed by atoms with Gasteiger partial charge in [-0.2, -0.15) is 0 Å². The van der Waals surface area contributed by atoms with E-state index in [9.17, 15) is 9.59 Å². The average molecular weight is 408 g/mol. The molecule has 0 N–H and O–H groups in total. The van der Waals surface area contributed by atoms with E-state index in [1.807, 2.05) is 64.4 Å². The van der Waals surface area contributed by atoms with Crippen LogP contribution in [0.2, 0.25) is 0 Å². The maximum Gasteiger partial charge on any atom is 0.253 e. The van der Waals surface area contributed by atoms with Gasteiger partial charge >= 0.3 is 0 Å². The Hall–Kier alpha value is -2.86. The molecular weight excluding hydrogens is 378 g/mol. The quantitative estimate of drug-likeness (QED) is 0.781. The van der Waals surface area contributed by atoms with Crippen LogP contribution in [0, 0.1) is 0 Å². The van der Waals surface area contributed by atoms with Crippen molar-refractivity contribution in [2.24, 2.45) is 0 Å². The SMILES string of the molecule is CC(=O)N(c1ccccc1)[C@@H]1CCCN(C(=O)c2ccc(N3CCOCC3)cc2)C1. The van der Waals surface area contributed by atoms with Crippen molar-refractivity contribution in [2.45, 2.75) is 25.8 Å². The molecule has 2 aromatic carbocycles. The molecule has 0 spiro atoms. The average Bonchev–Trinajstić information content (AvgIpc) is 2.80. The van der Waals surface area contributed by atoms with E-state index >= 15 is 0 Å². The van der Waals surface area contributed by atoms with Crippen molar-refractivity contribution in [3.63, 3.8) is 0 Å². The monoisotopic (exact) mass is 407 g/mol. The van der Waals surface area contributed by atoms with Crippen molar-refractivity contribution in [1.29, 1.82) is 0 Å². The Morgan fingerprint density at radius 2 is 1.67 bits per heavy atom. The summed E-state index contributed by atoms with van der Waals surface area (Å²) in [5, 5.41) is 0. The van der Waals surface area contributed by atoms with Gasteiger partial charge in [0.2, 0.25) is 5.91 Å². The molecular formula is C24H29N3O3. The lowest BCUT2D eigenvalue weighted by atomic mass is 10.0. The number of piperidine rings is 1. The Labute approximate surface area is 178 Å². The van der Waals surface area contributed by atoms with Gasteiger partial charge in [-0.3, -0.25) is 9.59 Å². The Morgan fingerprint density at radius 3 is 2.33 bits per heavy atom. The molecule has 0 saturated carbocycles. The topological polar surface area (TPSA) is 53.1 Å². The summed E-state index contributed by atoms with van der Waals surface area (Å²) in [4.78, 5) is 31.5. The lowest BCUT2D eigenvalue weighted by molar-refractivity contribution is -0.117. The van der Waals surface area contributed by atoms with Crippen molar-refractivity contribution in [2.75, 3.05) is 49.2 Å². The van der Waals surface area contributed by atoms with Crippen LogP contribution in [0.25, 0.3) is 0 Å². The van der Waals surface area contributed by atoms with Gasteiger partial charge in [-0.15, -0.1) is 0 Å². The molecule has 2 aliphatic heterocycles. The highest BCUT2D eigenvalue weighted by molar-refractivity contribution is 5.95. The first-order valence-electron chi connectivity index (χ1n) is 10.7. The number of para-hydroxylation sites is 1. The Kier molecular flexibility index (Phi) is 6.33. The molecule has 0 aliphatic carbocycles. The van der Waals surface area contributed by atoms with Crippen LogP contribution in [-0.4, -0.2) is 62.1 Å². The van der Waals surface area contributed by atoms with Crippen LogP contribution in [0.3, 0.4) is 0 Å². The molecule has 2 aromatic rings. The first-order chi connectivity index (χ1) is 14.6. The second-order valence-corrected chi connectivity index (χ2v) is 7.92. The summed E-state index contributed by atoms with van der Waals surface area (Å²) in [6, 6.07) is 17.6. The number of likely N-dealkylation sites (tertiary alicyclic amines) is 1. The molecule has 0 radical (unpaired) electrons. The van der Waals surface area contributed by atoms with E-state index in [1.165, 1.54) is 0 Å². The predicted molar refractivity (Wildman–Crippen MR) is 118 cm³/mol. The van der Waals surface area contributed by atoms with Gasteiger partial charge < -0.3 is 19.4 Å². The van der Waals surface area contributed by atoms with Crippen molar-refractivity contribution in [3.8, 4) is 0 Å². The van der Waals surface area contributed by atoms with E-state index in [0.29, 0.717) is 12.1 Å². The van der Waals surface area contributed by atoms with Crippen LogP contribution >= 0.6 is 0 Å². The zero-order chi connectivity index (χ0) is 20.9. The summed E-state index contributed by atoms with van der Waals surface area (Å²) in [6.45, 7) is 6.11. The van der Waals surface area contributed by atoms with Crippen molar-refractivity contribution in [3.05, 3.63) is 60.2 Å². The summed E-state index contributed by atoms with van der Waals surface area (Å²) >= 11 is 0. The number of carbonyl (C=O) groups excluding carboxylic acids is 2. The fraction of sp³-hybridized carbons (Fsp3) is 0.417. The number of anilines is 2. The number of hydrogen-bond acceptors (Lipinski definition) is 4. The first kappa shape index (κ1) is 20.4. The highest BCUT2D eigenvalue weighted by atomic mass is 16.5. The van der Waals surface area contributed by atoms with Gasteiger partial charge in [0.15, 0.2) is 0 Å². The molecule has 1 atom stereocenters. The van der Waals surface area contributed by atoms with Gasteiger partial charge in [0, 0.05) is 50.0 Å². The third-order valence-electron chi connectivity index (χ3n) is 5.91. The van der Waals surface area contributed by atoms with Crippen molar-refractivity contribution < 1.29 is 14.3 Å². The Morgan fingerprint density at radius 1 is 0.967 bits per heavy atom. The van der Waals surface area contributed by atoms with Gasteiger partial charge in [-0.25, -0.2) is 0 Å². The lowest BCUT2D eigenvalue weighted by Crippen LogP contribution is -2.51. The van der Waals surface area contributed by atoms with Crippen LogP contribution < -0.4 is 9.80 Å². The van der Waals surface area contributed by atoms with Crippen LogP contribution in [-0.2, 0) is 9.53 Å². The van der Waals surface area contributed by atoms with E-state index < -0.39 is 0 Å². The van der Waals surface area contributed by atoms with Gasteiger partial charge in [0.1, 0.15) is 0 Å². The van der Waals surface area contributed by atoms with Gasteiger partial charge in [0.25, 0.3) is 5.91 Å². The second-order valence-electron chi connectivity index (χ2n) is 7.92. The molecule has 30 heavy (non-hydrogen) atoms. The fourth-order valence-electron chi connectivity index (χ4n) is 4.41. The maximum atomic E-state index is 13.2. The third-order valence-corrected chi connectivity index (χ3v) is 5.91. The number of ether oxygens (including phenoxy) is 1. The Balaban J connectivity index is 1.46. The smallest absolute Gasteiger partial charge is 0.253 e. The minimum Gasteiger partial charge on any atom is -0.378 e. The summed E-state index contributed by atoms with van der Waals surface area (Å²) in [7, 11) is 0. The number of nitrogens with zero attached hydrogens (tertiary/aromatic N) is 3. The minimum absolute atomic E-state index is 0.00442. The second kappa shape index (κ2) is 9.30. The molecule has 6 nitrogen and oxygen atoms in total. The molecule has 2 aliphatic rings. The number of benzene rings is 2. The van der Waals surface area contributed by atoms with Gasteiger partial charge in [-0.05, 0) is 49.2 Å². The third kappa shape index (κ3) is 4.49. The zero-order valence-electron chi connectivity index (χ0n) is 17.5. The summed E-state index contributed by atoms with van der Waals surface area (Å²) in [6.07, 6.45) is 1.78. The number of rotatable bonds is 4. The van der Waals surface area contributed by atoms with E-state index in [1.54, 1.807) is 6.92 Å². The first-order valence-corrected chi connectivity index (χ1v) is 10.7. The maximum absolute atomic E-state index is 13.2. The molecule has 6 heteroatoms.